The van der Waals surface area contributed by atoms with Crippen LogP contribution in [0.3, 0.4) is 0 Å². The van der Waals surface area contributed by atoms with E-state index in [1.807, 2.05) is 0 Å². The summed E-state index contributed by atoms with van der Waals surface area (Å²) in [6, 6.07) is 4.62. The first-order valence-electron chi connectivity index (χ1n) is 6.64. The van der Waals surface area contributed by atoms with E-state index in [0.29, 0.717) is 26.9 Å². The third-order valence-electron chi connectivity index (χ3n) is 3.41. The summed E-state index contributed by atoms with van der Waals surface area (Å²) < 4.78 is 19.3. The second-order valence-corrected chi connectivity index (χ2v) is 6.52. The van der Waals surface area contributed by atoms with Gasteiger partial charge in [-0.15, -0.1) is 10.2 Å². The van der Waals surface area contributed by atoms with E-state index >= 15 is 0 Å². The number of rotatable bonds is 4. The molecule has 2 aromatic rings. The molecule has 106 valence electrons. The van der Waals surface area contributed by atoms with Crippen LogP contribution in [0.5, 0.6) is 0 Å². The number of hydrogen-bond acceptors (Lipinski definition) is 4. The van der Waals surface area contributed by atoms with Crippen molar-refractivity contribution in [1.82, 2.24) is 10.2 Å². The van der Waals surface area contributed by atoms with Gasteiger partial charge in [-0.1, -0.05) is 42.3 Å². The molecule has 1 aromatic heterocycles. The van der Waals surface area contributed by atoms with Crippen LogP contribution in [0.4, 0.5) is 4.39 Å². The summed E-state index contributed by atoms with van der Waals surface area (Å²) in [6.07, 6.45) is 5.15. The summed E-state index contributed by atoms with van der Waals surface area (Å²) >= 11 is 7.61. The average molecular weight is 313 g/mol. The van der Waals surface area contributed by atoms with Crippen LogP contribution < -0.4 is 0 Å². The standard InChI is InChI=1S/C14H14ClFN2OS/c15-11-6-3-7-12(16)10(11)8-13-17-18-14(19-13)20-9-4-1-2-5-9/h3,6-7,9H,1-2,4-5,8H2. The topological polar surface area (TPSA) is 38.9 Å². The molecule has 0 radical (unpaired) electrons. The van der Waals surface area contributed by atoms with E-state index in [-0.39, 0.29) is 12.2 Å². The molecule has 0 unspecified atom stereocenters. The molecule has 1 saturated carbocycles. The zero-order valence-electron chi connectivity index (χ0n) is 10.8. The highest BCUT2D eigenvalue weighted by Gasteiger charge is 2.20. The van der Waals surface area contributed by atoms with Gasteiger partial charge in [0.25, 0.3) is 5.22 Å². The number of hydrogen-bond donors (Lipinski definition) is 0. The highest BCUT2D eigenvalue weighted by atomic mass is 35.5. The zero-order valence-corrected chi connectivity index (χ0v) is 12.4. The van der Waals surface area contributed by atoms with Crippen LogP contribution >= 0.6 is 23.4 Å². The second kappa shape index (κ2) is 6.14. The molecule has 1 aromatic carbocycles. The summed E-state index contributed by atoms with van der Waals surface area (Å²) in [5.74, 6) is 0.0539. The maximum atomic E-state index is 13.7. The van der Waals surface area contributed by atoms with Crippen LogP contribution in [0.15, 0.2) is 27.8 Å². The summed E-state index contributed by atoms with van der Waals surface area (Å²) in [4.78, 5) is 0. The van der Waals surface area contributed by atoms with Crippen molar-refractivity contribution in [3.8, 4) is 0 Å². The minimum Gasteiger partial charge on any atom is -0.416 e. The molecule has 1 heterocycles. The van der Waals surface area contributed by atoms with Gasteiger partial charge in [0, 0.05) is 15.8 Å². The fraction of sp³-hybridized carbons (Fsp3) is 0.429. The van der Waals surface area contributed by atoms with Crippen LogP contribution in [0.25, 0.3) is 0 Å². The van der Waals surface area contributed by atoms with Crippen molar-refractivity contribution in [2.45, 2.75) is 42.6 Å². The van der Waals surface area contributed by atoms with Gasteiger partial charge >= 0.3 is 0 Å². The van der Waals surface area contributed by atoms with Crippen molar-refractivity contribution in [2.24, 2.45) is 0 Å². The van der Waals surface area contributed by atoms with E-state index in [1.165, 1.54) is 31.7 Å². The predicted molar refractivity (Wildman–Crippen MR) is 76.6 cm³/mol. The molecule has 1 fully saturated rings. The molecule has 0 bridgehead atoms. The first kappa shape index (κ1) is 13.9. The lowest BCUT2D eigenvalue weighted by atomic mass is 10.1. The predicted octanol–water partition coefficient (Wildman–Crippen LogP) is 4.49. The molecule has 0 N–H and O–H groups in total. The Balaban J connectivity index is 1.70. The van der Waals surface area contributed by atoms with Crippen molar-refractivity contribution < 1.29 is 8.81 Å². The zero-order chi connectivity index (χ0) is 13.9. The molecule has 0 atom stereocenters. The molecule has 1 aliphatic rings. The molecule has 3 nitrogen and oxygen atoms in total. The summed E-state index contributed by atoms with van der Waals surface area (Å²) in [5.41, 5.74) is 0.398. The third-order valence-corrected chi connectivity index (χ3v) is 4.93. The molecule has 20 heavy (non-hydrogen) atoms. The van der Waals surface area contributed by atoms with Gasteiger partial charge in [-0.3, -0.25) is 0 Å². The lowest BCUT2D eigenvalue weighted by molar-refractivity contribution is 0.417. The first-order valence-corrected chi connectivity index (χ1v) is 7.90. The van der Waals surface area contributed by atoms with E-state index in [1.54, 1.807) is 23.9 Å². The van der Waals surface area contributed by atoms with Gasteiger partial charge in [0.05, 0.1) is 6.42 Å². The van der Waals surface area contributed by atoms with Crippen molar-refractivity contribution in [3.63, 3.8) is 0 Å². The van der Waals surface area contributed by atoms with Gasteiger partial charge in [0.2, 0.25) is 5.89 Å². The molecule has 0 saturated heterocycles. The maximum Gasteiger partial charge on any atom is 0.276 e. The van der Waals surface area contributed by atoms with Gasteiger partial charge in [0.15, 0.2) is 0 Å². The first-order chi connectivity index (χ1) is 9.72. The van der Waals surface area contributed by atoms with Gasteiger partial charge in [0.1, 0.15) is 5.82 Å². The van der Waals surface area contributed by atoms with Crippen LogP contribution in [0.2, 0.25) is 5.02 Å². The van der Waals surface area contributed by atoms with E-state index in [4.69, 9.17) is 16.0 Å². The van der Waals surface area contributed by atoms with Crippen LogP contribution in [-0.4, -0.2) is 15.4 Å². The quantitative estimate of drug-likeness (QED) is 0.834. The third kappa shape index (κ3) is 3.15. The van der Waals surface area contributed by atoms with E-state index < -0.39 is 0 Å². The normalized spacial score (nSPS) is 15.9. The average Bonchev–Trinajstić information content (AvgIpc) is 3.07. The fourth-order valence-corrected chi connectivity index (χ4v) is 3.67. The molecular formula is C14H14ClFN2OS. The molecule has 0 spiro atoms. The molecule has 0 amide bonds. The Hall–Kier alpha value is -1.07. The minimum absolute atomic E-state index is 0.226. The smallest absolute Gasteiger partial charge is 0.276 e. The Morgan fingerprint density at radius 3 is 2.85 bits per heavy atom. The Morgan fingerprint density at radius 2 is 2.10 bits per heavy atom. The second-order valence-electron chi connectivity index (χ2n) is 4.86. The summed E-state index contributed by atoms with van der Waals surface area (Å²) in [6.45, 7) is 0. The van der Waals surface area contributed by atoms with Crippen LogP contribution in [0.1, 0.15) is 37.1 Å². The highest BCUT2D eigenvalue weighted by Crippen LogP contribution is 2.34. The van der Waals surface area contributed by atoms with Gasteiger partial charge < -0.3 is 4.42 Å². The molecular weight excluding hydrogens is 299 g/mol. The van der Waals surface area contributed by atoms with Crippen LogP contribution in [0, 0.1) is 5.82 Å². The maximum absolute atomic E-state index is 13.7. The molecule has 1 aliphatic carbocycles. The number of benzene rings is 1. The largest absolute Gasteiger partial charge is 0.416 e. The minimum atomic E-state index is -0.347. The summed E-state index contributed by atoms with van der Waals surface area (Å²) in [5, 5.41) is 9.51. The van der Waals surface area contributed by atoms with Crippen molar-refractivity contribution in [3.05, 3.63) is 40.5 Å². The van der Waals surface area contributed by atoms with Crippen molar-refractivity contribution >= 4 is 23.4 Å². The lowest BCUT2D eigenvalue weighted by Gasteiger charge is -2.03. The van der Waals surface area contributed by atoms with E-state index in [2.05, 4.69) is 10.2 Å². The van der Waals surface area contributed by atoms with Gasteiger partial charge in [-0.05, 0) is 25.0 Å². The highest BCUT2D eigenvalue weighted by molar-refractivity contribution is 7.99. The molecule has 3 rings (SSSR count). The molecule has 0 aliphatic heterocycles. The monoisotopic (exact) mass is 312 g/mol. The Labute approximate surface area is 125 Å². The number of aromatic nitrogens is 2. The van der Waals surface area contributed by atoms with Crippen LogP contribution in [-0.2, 0) is 6.42 Å². The number of halogens is 2. The van der Waals surface area contributed by atoms with E-state index in [9.17, 15) is 4.39 Å². The Bertz CT molecular complexity index is 578. The SMILES string of the molecule is Fc1cccc(Cl)c1Cc1nnc(SC2CCCC2)o1. The Kier molecular flexibility index (Phi) is 4.27. The van der Waals surface area contributed by atoms with E-state index in [0.717, 1.165) is 0 Å². The number of thioether (sulfide) groups is 1. The molecule has 6 heteroatoms. The lowest BCUT2D eigenvalue weighted by Crippen LogP contribution is -1.94. The van der Waals surface area contributed by atoms with Gasteiger partial charge in [-0.2, -0.15) is 0 Å². The van der Waals surface area contributed by atoms with Gasteiger partial charge in [-0.25, -0.2) is 4.39 Å². The Morgan fingerprint density at radius 1 is 1.30 bits per heavy atom. The summed E-state index contributed by atoms with van der Waals surface area (Å²) in [7, 11) is 0. The number of nitrogens with zero attached hydrogens (tertiary/aromatic N) is 2. The fourth-order valence-electron chi connectivity index (χ4n) is 2.36. The van der Waals surface area contributed by atoms with Crippen molar-refractivity contribution in [2.75, 3.05) is 0 Å². The van der Waals surface area contributed by atoms with Crippen molar-refractivity contribution in [1.29, 1.82) is 0 Å².